The van der Waals surface area contributed by atoms with Gasteiger partial charge in [0.1, 0.15) is 12.2 Å². The second-order valence-corrected chi connectivity index (χ2v) is 6.56. The van der Waals surface area contributed by atoms with Gasteiger partial charge in [0, 0.05) is 10.1 Å². The lowest BCUT2D eigenvalue weighted by Crippen LogP contribution is -2.19. The van der Waals surface area contributed by atoms with Crippen molar-refractivity contribution in [3.8, 4) is 0 Å². The number of aromatic nitrogens is 4. The van der Waals surface area contributed by atoms with Crippen LogP contribution in [0.25, 0.3) is 11.1 Å². The fourth-order valence-corrected chi connectivity index (χ4v) is 2.71. The predicted octanol–water partition coefficient (Wildman–Crippen LogP) is 2.49. The van der Waals surface area contributed by atoms with E-state index < -0.39 is 0 Å². The van der Waals surface area contributed by atoms with Crippen LogP contribution in [-0.2, 0) is 13.1 Å². The van der Waals surface area contributed by atoms with Crippen LogP contribution in [0.15, 0.2) is 33.7 Å². The van der Waals surface area contributed by atoms with Gasteiger partial charge >= 0.3 is 5.76 Å². The highest BCUT2D eigenvalue weighted by Crippen LogP contribution is 2.17. The maximum Gasteiger partial charge on any atom is 0.420 e. The molecule has 0 saturated heterocycles. The number of hydrogen-bond donors (Lipinski definition) is 0. The first-order valence-corrected chi connectivity index (χ1v) is 7.78. The Morgan fingerprint density at radius 3 is 2.95 bits per heavy atom. The third-order valence-corrected chi connectivity index (χ3v) is 3.83. The van der Waals surface area contributed by atoms with E-state index >= 15 is 0 Å². The van der Waals surface area contributed by atoms with E-state index in [0.717, 1.165) is 21.5 Å². The highest BCUT2D eigenvalue weighted by Gasteiger charge is 2.13. The van der Waals surface area contributed by atoms with Gasteiger partial charge in [-0.2, -0.15) is 5.10 Å². The summed E-state index contributed by atoms with van der Waals surface area (Å²) in [6.45, 7) is 5.37. The van der Waals surface area contributed by atoms with Crippen LogP contribution in [0, 0.1) is 9.49 Å². The molecule has 0 atom stereocenters. The quantitative estimate of drug-likeness (QED) is 0.634. The molecular formula is C14H15IN4O2. The Morgan fingerprint density at radius 2 is 2.19 bits per heavy atom. The summed E-state index contributed by atoms with van der Waals surface area (Å²) in [6.07, 6.45) is 1.52. The SMILES string of the molecule is CC(C)Cn1ncnc1Cn1c(=O)oc2ccc(I)cc21. The monoisotopic (exact) mass is 398 g/mol. The van der Waals surface area contributed by atoms with Crippen molar-refractivity contribution in [3.05, 3.63) is 44.5 Å². The van der Waals surface area contributed by atoms with Crippen molar-refractivity contribution < 1.29 is 4.42 Å². The highest BCUT2D eigenvalue weighted by atomic mass is 127. The highest BCUT2D eigenvalue weighted by molar-refractivity contribution is 14.1. The largest absolute Gasteiger partial charge is 0.420 e. The molecule has 0 aliphatic carbocycles. The summed E-state index contributed by atoms with van der Waals surface area (Å²) in [7, 11) is 0. The first-order chi connectivity index (χ1) is 10.0. The van der Waals surface area contributed by atoms with E-state index in [0.29, 0.717) is 18.0 Å². The van der Waals surface area contributed by atoms with Crippen LogP contribution in [-0.4, -0.2) is 19.3 Å². The molecule has 0 saturated carbocycles. The predicted molar refractivity (Wildman–Crippen MR) is 87.2 cm³/mol. The number of rotatable bonds is 4. The van der Waals surface area contributed by atoms with Crippen LogP contribution < -0.4 is 5.76 Å². The van der Waals surface area contributed by atoms with Crippen molar-refractivity contribution in [2.75, 3.05) is 0 Å². The van der Waals surface area contributed by atoms with Gasteiger partial charge in [0.25, 0.3) is 0 Å². The fraction of sp³-hybridized carbons (Fsp3) is 0.357. The van der Waals surface area contributed by atoms with E-state index in [2.05, 4.69) is 46.5 Å². The molecule has 1 aromatic carbocycles. The van der Waals surface area contributed by atoms with E-state index in [4.69, 9.17) is 4.42 Å². The number of fused-ring (bicyclic) bond motifs is 1. The molecule has 2 heterocycles. The number of benzene rings is 1. The summed E-state index contributed by atoms with van der Waals surface area (Å²) in [5, 5.41) is 4.22. The maximum absolute atomic E-state index is 12.0. The average Bonchev–Trinajstić information content (AvgIpc) is 2.96. The topological polar surface area (TPSA) is 65.8 Å². The first kappa shape index (κ1) is 14.3. The molecule has 110 valence electrons. The van der Waals surface area contributed by atoms with Gasteiger partial charge in [-0.3, -0.25) is 4.57 Å². The lowest BCUT2D eigenvalue weighted by Gasteiger charge is -2.08. The Bertz CT molecular complexity index is 831. The minimum atomic E-state index is -0.369. The molecule has 0 N–H and O–H groups in total. The molecule has 7 heteroatoms. The molecule has 21 heavy (non-hydrogen) atoms. The first-order valence-electron chi connectivity index (χ1n) is 6.70. The van der Waals surface area contributed by atoms with Crippen molar-refractivity contribution in [2.45, 2.75) is 26.9 Å². The van der Waals surface area contributed by atoms with E-state index in [1.54, 1.807) is 4.57 Å². The molecule has 3 aromatic rings. The minimum absolute atomic E-state index is 0.360. The van der Waals surface area contributed by atoms with Crippen molar-refractivity contribution in [1.82, 2.24) is 19.3 Å². The standard InChI is InChI=1S/C14H15IN4O2/c1-9(2)6-19-13(16-8-17-19)7-18-11-5-10(15)3-4-12(11)21-14(18)20/h3-5,8-9H,6-7H2,1-2H3. The Labute approximate surface area is 134 Å². The smallest absolute Gasteiger partial charge is 0.408 e. The summed E-state index contributed by atoms with van der Waals surface area (Å²) in [6, 6.07) is 5.66. The number of nitrogens with zero attached hydrogens (tertiary/aromatic N) is 4. The van der Waals surface area contributed by atoms with Gasteiger partial charge in [0.15, 0.2) is 5.58 Å². The van der Waals surface area contributed by atoms with Crippen molar-refractivity contribution in [2.24, 2.45) is 5.92 Å². The second kappa shape index (κ2) is 5.63. The molecular weight excluding hydrogens is 383 g/mol. The fourth-order valence-electron chi connectivity index (χ4n) is 2.24. The molecule has 0 unspecified atom stereocenters. The Kier molecular flexibility index (Phi) is 3.83. The molecule has 0 fully saturated rings. The molecule has 0 amide bonds. The zero-order chi connectivity index (χ0) is 15.0. The third-order valence-electron chi connectivity index (χ3n) is 3.16. The van der Waals surface area contributed by atoms with E-state index in [-0.39, 0.29) is 5.76 Å². The van der Waals surface area contributed by atoms with Gasteiger partial charge in [-0.15, -0.1) is 0 Å². The molecule has 0 spiro atoms. The Morgan fingerprint density at radius 1 is 1.38 bits per heavy atom. The molecule has 2 aromatic heterocycles. The van der Waals surface area contributed by atoms with Gasteiger partial charge in [0.2, 0.25) is 0 Å². The second-order valence-electron chi connectivity index (χ2n) is 5.32. The summed E-state index contributed by atoms with van der Waals surface area (Å²) >= 11 is 2.22. The third kappa shape index (κ3) is 2.87. The lowest BCUT2D eigenvalue weighted by molar-refractivity contribution is 0.453. The van der Waals surface area contributed by atoms with Crippen LogP contribution in [0.1, 0.15) is 19.7 Å². The molecule has 0 radical (unpaired) electrons. The van der Waals surface area contributed by atoms with Gasteiger partial charge in [-0.1, -0.05) is 13.8 Å². The van der Waals surface area contributed by atoms with Crippen LogP contribution in [0.4, 0.5) is 0 Å². The van der Waals surface area contributed by atoms with Gasteiger partial charge < -0.3 is 4.42 Å². The summed E-state index contributed by atoms with van der Waals surface area (Å²) in [4.78, 5) is 16.3. The molecule has 0 bridgehead atoms. The average molecular weight is 398 g/mol. The number of oxazole rings is 1. The summed E-state index contributed by atoms with van der Waals surface area (Å²) < 4.78 is 9.76. The lowest BCUT2D eigenvalue weighted by atomic mass is 10.2. The molecule has 6 nitrogen and oxygen atoms in total. The van der Waals surface area contributed by atoms with Crippen molar-refractivity contribution >= 4 is 33.7 Å². The zero-order valence-corrected chi connectivity index (χ0v) is 13.9. The van der Waals surface area contributed by atoms with Gasteiger partial charge in [-0.05, 0) is 46.7 Å². The molecule has 3 rings (SSSR count). The van der Waals surface area contributed by atoms with Crippen LogP contribution in [0.5, 0.6) is 0 Å². The van der Waals surface area contributed by atoms with E-state index in [9.17, 15) is 4.79 Å². The molecule has 0 aliphatic rings. The van der Waals surface area contributed by atoms with Crippen LogP contribution in [0.3, 0.4) is 0 Å². The number of hydrogen-bond acceptors (Lipinski definition) is 4. The zero-order valence-electron chi connectivity index (χ0n) is 11.8. The number of halogens is 1. The van der Waals surface area contributed by atoms with Gasteiger partial charge in [0.05, 0.1) is 12.1 Å². The summed E-state index contributed by atoms with van der Waals surface area (Å²) in [5.74, 6) is 0.850. The van der Waals surface area contributed by atoms with Crippen LogP contribution in [0.2, 0.25) is 0 Å². The van der Waals surface area contributed by atoms with Crippen LogP contribution >= 0.6 is 22.6 Å². The Balaban J connectivity index is 2.02. The van der Waals surface area contributed by atoms with Crippen molar-refractivity contribution in [1.29, 1.82) is 0 Å². The maximum atomic E-state index is 12.0. The van der Waals surface area contributed by atoms with Crippen molar-refractivity contribution in [3.63, 3.8) is 0 Å². The molecule has 0 aliphatic heterocycles. The van der Waals surface area contributed by atoms with E-state index in [1.165, 1.54) is 6.33 Å². The summed E-state index contributed by atoms with van der Waals surface area (Å²) in [5.41, 5.74) is 1.38. The van der Waals surface area contributed by atoms with E-state index in [1.807, 2.05) is 22.9 Å². The van der Waals surface area contributed by atoms with Gasteiger partial charge in [-0.25, -0.2) is 14.5 Å². The Hall–Kier alpha value is -1.64. The normalized spacial score (nSPS) is 11.6. The minimum Gasteiger partial charge on any atom is -0.408 e.